The summed E-state index contributed by atoms with van der Waals surface area (Å²) in [7, 11) is 0. The number of nitrogens with one attached hydrogen (secondary N) is 2. The van der Waals surface area contributed by atoms with Crippen molar-refractivity contribution >= 4 is 40.9 Å². The lowest BCUT2D eigenvalue weighted by atomic mass is 9.63. The highest BCUT2D eigenvalue weighted by Gasteiger charge is 2.59. The lowest BCUT2D eigenvalue weighted by Crippen LogP contribution is -2.45. The first-order valence-corrected chi connectivity index (χ1v) is 13.7. The molecule has 182 valence electrons. The van der Waals surface area contributed by atoms with Crippen molar-refractivity contribution in [2.45, 2.75) is 57.0 Å². The van der Waals surface area contributed by atoms with Crippen LogP contribution in [0.1, 0.15) is 50.7 Å². The second kappa shape index (κ2) is 11.4. The Morgan fingerprint density at radius 2 is 1.88 bits per heavy atom. The summed E-state index contributed by atoms with van der Waals surface area (Å²) in [6.07, 6.45) is 3.67. The second-order valence-electron chi connectivity index (χ2n) is 10.1. The zero-order valence-electron chi connectivity index (χ0n) is 20.2. The Morgan fingerprint density at radius 3 is 2.47 bits per heavy atom. The van der Waals surface area contributed by atoms with Gasteiger partial charge >= 0.3 is 0 Å². The SMILES string of the molecule is CSCCCNC(=O)C1NC(CC(C)(C)C)C(C#N)(c2ccc(Cl)cc2)C1c1cccc(Cl)c1. The summed E-state index contributed by atoms with van der Waals surface area (Å²) in [6, 6.07) is 16.9. The molecular weight excluding hydrogens is 485 g/mol. The molecule has 2 aromatic carbocycles. The van der Waals surface area contributed by atoms with Gasteiger partial charge in [-0.25, -0.2) is 0 Å². The normalized spacial score (nSPS) is 24.6. The maximum Gasteiger partial charge on any atom is 0.237 e. The van der Waals surface area contributed by atoms with E-state index in [4.69, 9.17) is 23.2 Å². The summed E-state index contributed by atoms with van der Waals surface area (Å²) in [5.74, 6) is 0.469. The highest BCUT2D eigenvalue weighted by Crippen LogP contribution is 2.51. The number of amides is 1. The van der Waals surface area contributed by atoms with Crippen LogP contribution in [0.15, 0.2) is 48.5 Å². The van der Waals surface area contributed by atoms with Crippen LogP contribution in [-0.2, 0) is 10.2 Å². The van der Waals surface area contributed by atoms with Crippen molar-refractivity contribution < 1.29 is 4.79 Å². The Bertz CT molecular complexity index is 1030. The Balaban J connectivity index is 2.16. The van der Waals surface area contributed by atoms with Gasteiger partial charge in [0.05, 0.1) is 12.1 Å². The number of hydrogen-bond donors (Lipinski definition) is 2. The van der Waals surface area contributed by atoms with E-state index >= 15 is 0 Å². The highest BCUT2D eigenvalue weighted by atomic mass is 35.5. The van der Waals surface area contributed by atoms with E-state index in [9.17, 15) is 10.1 Å². The van der Waals surface area contributed by atoms with Gasteiger partial charge in [0.15, 0.2) is 0 Å². The van der Waals surface area contributed by atoms with Crippen LogP contribution in [0.3, 0.4) is 0 Å². The number of carbonyl (C=O) groups excluding carboxylic acids is 1. The third-order valence-corrected chi connectivity index (χ3v) is 7.58. The molecule has 3 rings (SSSR count). The predicted octanol–water partition coefficient (Wildman–Crippen LogP) is 6.18. The molecule has 0 bridgehead atoms. The van der Waals surface area contributed by atoms with E-state index in [2.05, 4.69) is 43.7 Å². The summed E-state index contributed by atoms with van der Waals surface area (Å²) in [5, 5.41) is 18.8. The molecule has 0 aromatic heterocycles. The fourth-order valence-electron chi connectivity index (χ4n) is 5.00. The Kier molecular flexibility index (Phi) is 8.98. The standard InChI is InChI=1S/C27H33Cl2N3OS/c1-26(2,3)16-22-27(17-30,19-9-11-20(28)12-10-19)23(18-7-5-8-21(29)15-18)24(32-22)25(33)31-13-6-14-34-4/h5,7-12,15,22-24,32H,6,13-14,16H2,1-4H3,(H,31,33). The number of nitriles is 1. The number of thioether (sulfide) groups is 1. The first-order chi connectivity index (χ1) is 16.1. The van der Waals surface area contributed by atoms with Crippen molar-refractivity contribution in [1.82, 2.24) is 10.6 Å². The lowest BCUT2D eigenvalue weighted by Gasteiger charge is -2.37. The van der Waals surface area contributed by atoms with E-state index in [0.717, 1.165) is 29.7 Å². The molecule has 1 fully saturated rings. The minimum absolute atomic E-state index is 0.0607. The van der Waals surface area contributed by atoms with Gasteiger partial charge < -0.3 is 10.6 Å². The average Bonchev–Trinajstić information content (AvgIpc) is 3.10. The average molecular weight is 519 g/mol. The summed E-state index contributed by atoms with van der Waals surface area (Å²) < 4.78 is 0. The molecule has 1 aliphatic rings. The van der Waals surface area contributed by atoms with E-state index in [1.165, 1.54) is 0 Å². The summed E-state index contributed by atoms with van der Waals surface area (Å²) >= 11 is 14.4. The van der Waals surface area contributed by atoms with Crippen LogP contribution >= 0.6 is 35.0 Å². The lowest BCUT2D eigenvalue weighted by molar-refractivity contribution is -0.123. The van der Waals surface area contributed by atoms with Crippen molar-refractivity contribution in [2.24, 2.45) is 5.41 Å². The van der Waals surface area contributed by atoms with Crippen molar-refractivity contribution in [3.05, 3.63) is 69.7 Å². The van der Waals surface area contributed by atoms with E-state index in [1.54, 1.807) is 11.8 Å². The molecule has 1 aliphatic heterocycles. The van der Waals surface area contributed by atoms with Crippen molar-refractivity contribution in [3.8, 4) is 6.07 Å². The monoisotopic (exact) mass is 517 g/mol. The van der Waals surface area contributed by atoms with Gasteiger partial charge in [-0.2, -0.15) is 17.0 Å². The summed E-state index contributed by atoms with van der Waals surface area (Å²) in [4.78, 5) is 13.5. The molecule has 0 saturated carbocycles. The van der Waals surface area contributed by atoms with Crippen LogP contribution in [0.5, 0.6) is 0 Å². The van der Waals surface area contributed by atoms with E-state index < -0.39 is 17.4 Å². The molecule has 4 unspecified atom stereocenters. The second-order valence-corrected chi connectivity index (χ2v) is 12.0. The van der Waals surface area contributed by atoms with Crippen LogP contribution in [0.25, 0.3) is 0 Å². The van der Waals surface area contributed by atoms with Gasteiger partial charge in [0.2, 0.25) is 5.91 Å². The summed E-state index contributed by atoms with van der Waals surface area (Å²) in [6.45, 7) is 7.07. The molecule has 7 heteroatoms. The molecule has 0 aliphatic carbocycles. The minimum Gasteiger partial charge on any atom is -0.355 e. The molecule has 4 nitrogen and oxygen atoms in total. The van der Waals surface area contributed by atoms with Gasteiger partial charge in [0.1, 0.15) is 5.41 Å². The minimum atomic E-state index is -0.982. The zero-order valence-corrected chi connectivity index (χ0v) is 22.5. The van der Waals surface area contributed by atoms with Gasteiger partial charge in [0, 0.05) is 28.5 Å². The van der Waals surface area contributed by atoms with Gasteiger partial charge in [-0.1, -0.05) is 68.2 Å². The van der Waals surface area contributed by atoms with E-state index in [0.29, 0.717) is 16.6 Å². The third-order valence-electron chi connectivity index (χ3n) is 6.39. The van der Waals surface area contributed by atoms with Gasteiger partial charge in [-0.15, -0.1) is 0 Å². The van der Waals surface area contributed by atoms with Crippen molar-refractivity contribution in [1.29, 1.82) is 5.26 Å². The molecule has 1 saturated heterocycles. The smallest absolute Gasteiger partial charge is 0.237 e. The number of rotatable bonds is 8. The van der Waals surface area contributed by atoms with Gasteiger partial charge in [-0.05, 0) is 65.7 Å². The zero-order chi connectivity index (χ0) is 24.9. The van der Waals surface area contributed by atoms with Crippen LogP contribution in [-0.4, -0.2) is 36.5 Å². The number of hydrogen-bond acceptors (Lipinski definition) is 4. The topological polar surface area (TPSA) is 64.9 Å². The van der Waals surface area contributed by atoms with Crippen LogP contribution in [0, 0.1) is 16.7 Å². The number of carbonyl (C=O) groups is 1. The third kappa shape index (κ3) is 5.91. The molecule has 4 atom stereocenters. The van der Waals surface area contributed by atoms with Gasteiger partial charge in [0.25, 0.3) is 0 Å². The molecule has 2 N–H and O–H groups in total. The van der Waals surface area contributed by atoms with Crippen LogP contribution in [0.4, 0.5) is 0 Å². The number of halogens is 2. The Labute approximate surface area is 217 Å². The molecule has 0 radical (unpaired) electrons. The molecule has 1 heterocycles. The molecule has 34 heavy (non-hydrogen) atoms. The maximum atomic E-state index is 13.5. The highest BCUT2D eigenvalue weighted by molar-refractivity contribution is 7.98. The van der Waals surface area contributed by atoms with Crippen molar-refractivity contribution in [3.63, 3.8) is 0 Å². The quantitative estimate of drug-likeness (QED) is 0.410. The Morgan fingerprint density at radius 1 is 1.18 bits per heavy atom. The molecule has 0 spiro atoms. The number of nitrogens with zero attached hydrogens (tertiary/aromatic N) is 1. The number of benzene rings is 2. The maximum absolute atomic E-state index is 13.5. The first-order valence-electron chi connectivity index (χ1n) is 11.6. The van der Waals surface area contributed by atoms with Crippen molar-refractivity contribution in [2.75, 3.05) is 18.6 Å². The molecular formula is C27H33Cl2N3OS. The fraction of sp³-hybridized carbons (Fsp3) is 0.481. The predicted molar refractivity (Wildman–Crippen MR) is 144 cm³/mol. The Hall–Kier alpha value is -1.71. The summed E-state index contributed by atoms with van der Waals surface area (Å²) in [5.41, 5.74) is 0.680. The van der Waals surface area contributed by atoms with Gasteiger partial charge in [-0.3, -0.25) is 4.79 Å². The van der Waals surface area contributed by atoms with E-state index in [1.807, 2.05) is 48.5 Å². The molecule has 2 aromatic rings. The first kappa shape index (κ1) is 26.9. The largest absolute Gasteiger partial charge is 0.355 e. The fourth-order valence-corrected chi connectivity index (χ4v) is 5.75. The molecule has 1 amide bonds. The van der Waals surface area contributed by atoms with Crippen LogP contribution < -0.4 is 10.6 Å². The van der Waals surface area contributed by atoms with E-state index in [-0.39, 0.29) is 17.4 Å². The van der Waals surface area contributed by atoms with Crippen LogP contribution in [0.2, 0.25) is 10.0 Å².